The van der Waals surface area contributed by atoms with Gasteiger partial charge in [0.05, 0.1) is 24.1 Å². The molecule has 1 N–H and O–H groups in total. The zero-order chi connectivity index (χ0) is 21.2. The minimum atomic E-state index is -0.244. The zero-order valence-electron chi connectivity index (χ0n) is 17.1. The van der Waals surface area contributed by atoms with Crippen molar-refractivity contribution in [3.05, 3.63) is 64.4 Å². The summed E-state index contributed by atoms with van der Waals surface area (Å²) in [5.74, 6) is 0.749. The highest BCUT2D eigenvalue weighted by atomic mass is 32.1. The van der Waals surface area contributed by atoms with Crippen LogP contribution >= 0.6 is 11.3 Å². The Labute approximate surface area is 184 Å². The molecule has 0 saturated carbocycles. The lowest BCUT2D eigenvalue weighted by molar-refractivity contribution is -0.121. The molecule has 160 valence electrons. The number of hydrogen-bond acceptors (Lipinski definition) is 6. The standard InChI is InChI=1S/C23H24N4O3S/c28-22(17-3-1-9-27(15-17)23(29)19-4-2-11-30-19)25-18-5-6-21(24-13-18)26-10-7-20-16(14-26)8-12-31-20/h2,4-6,8,11-13,17H,1,3,7,9-10,14-15H2,(H,25,28)/t17-/m0/s1. The van der Waals surface area contributed by atoms with E-state index >= 15 is 0 Å². The van der Waals surface area contributed by atoms with E-state index < -0.39 is 0 Å². The van der Waals surface area contributed by atoms with Crippen LogP contribution in [0.5, 0.6) is 0 Å². The highest BCUT2D eigenvalue weighted by Crippen LogP contribution is 2.27. The van der Waals surface area contributed by atoms with Gasteiger partial charge in [0, 0.05) is 31.1 Å². The Morgan fingerprint density at radius 3 is 2.94 bits per heavy atom. The molecule has 31 heavy (non-hydrogen) atoms. The van der Waals surface area contributed by atoms with Gasteiger partial charge in [0.1, 0.15) is 5.82 Å². The molecular formula is C23H24N4O3S. The lowest BCUT2D eigenvalue weighted by Crippen LogP contribution is -2.43. The van der Waals surface area contributed by atoms with Gasteiger partial charge in [-0.2, -0.15) is 0 Å². The summed E-state index contributed by atoms with van der Waals surface area (Å²) in [6, 6.07) is 9.39. The molecule has 2 aliphatic rings. The number of nitrogens with one attached hydrogen (secondary N) is 1. The number of piperidine rings is 1. The predicted octanol–water partition coefficient (Wildman–Crippen LogP) is 3.79. The Morgan fingerprint density at radius 1 is 1.19 bits per heavy atom. The Bertz CT molecular complexity index is 1060. The van der Waals surface area contributed by atoms with Crippen LogP contribution in [0, 0.1) is 5.92 Å². The number of pyridine rings is 1. The number of amides is 2. The molecule has 0 aromatic carbocycles. The number of carbonyl (C=O) groups excluding carboxylic acids is 2. The molecule has 5 rings (SSSR count). The quantitative estimate of drug-likeness (QED) is 0.673. The van der Waals surface area contributed by atoms with Crippen LogP contribution < -0.4 is 10.2 Å². The second kappa shape index (κ2) is 8.55. The molecule has 1 atom stereocenters. The number of anilines is 2. The van der Waals surface area contributed by atoms with Gasteiger partial charge in [-0.15, -0.1) is 11.3 Å². The van der Waals surface area contributed by atoms with Crippen molar-refractivity contribution in [2.75, 3.05) is 29.9 Å². The summed E-state index contributed by atoms with van der Waals surface area (Å²) in [4.78, 5) is 35.3. The lowest BCUT2D eigenvalue weighted by Gasteiger charge is -2.31. The van der Waals surface area contributed by atoms with Gasteiger partial charge in [-0.05, 0) is 60.5 Å². The summed E-state index contributed by atoms with van der Waals surface area (Å²) in [5.41, 5.74) is 2.05. The number of nitrogens with zero attached hydrogens (tertiary/aromatic N) is 3. The van der Waals surface area contributed by atoms with E-state index in [1.165, 1.54) is 16.7 Å². The van der Waals surface area contributed by atoms with Crippen LogP contribution in [-0.4, -0.2) is 41.3 Å². The van der Waals surface area contributed by atoms with Gasteiger partial charge in [-0.1, -0.05) is 0 Å². The van der Waals surface area contributed by atoms with Gasteiger partial charge >= 0.3 is 0 Å². The molecule has 1 fully saturated rings. The van der Waals surface area contributed by atoms with E-state index in [2.05, 4.69) is 26.6 Å². The van der Waals surface area contributed by atoms with E-state index in [1.807, 2.05) is 23.5 Å². The van der Waals surface area contributed by atoms with Gasteiger partial charge in [-0.3, -0.25) is 9.59 Å². The number of rotatable bonds is 4. The Hall–Kier alpha value is -3.13. The summed E-state index contributed by atoms with van der Waals surface area (Å²) in [6.45, 7) is 2.86. The van der Waals surface area contributed by atoms with Crippen LogP contribution in [0.2, 0.25) is 0 Å². The van der Waals surface area contributed by atoms with Crippen molar-refractivity contribution in [2.24, 2.45) is 5.92 Å². The largest absolute Gasteiger partial charge is 0.459 e. The van der Waals surface area contributed by atoms with Crippen molar-refractivity contribution in [2.45, 2.75) is 25.8 Å². The van der Waals surface area contributed by atoms with Gasteiger partial charge in [-0.25, -0.2) is 4.98 Å². The number of thiophene rings is 1. The fourth-order valence-electron chi connectivity index (χ4n) is 4.27. The van der Waals surface area contributed by atoms with Crippen molar-refractivity contribution < 1.29 is 14.0 Å². The molecule has 0 radical (unpaired) electrons. The van der Waals surface area contributed by atoms with E-state index in [1.54, 1.807) is 23.2 Å². The summed E-state index contributed by atoms with van der Waals surface area (Å²) >= 11 is 1.82. The summed E-state index contributed by atoms with van der Waals surface area (Å²) in [7, 11) is 0. The number of likely N-dealkylation sites (tertiary alicyclic amines) is 1. The smallest absolute Gasteiger partial charge is 0.289 e. The van der Waals surface area contributed by atoms with Crippen LogP contribution in [0.15, 0.2) is 52.6 Å². The highest BCUT2D eigenvalue weighted by Gasteiger charge is 2.30. The summed E-state index contributed by atoms with van der Waals surface area (Å²) in [5, 5.41) is 5.12. The molecule has 7 nitrogen and oxygen atoms in total. The van der Waals surface area contributed by atoms with Gasteiger partial charge in [0.2, 0.25) is 5.91 Å². The van der Waals surface area contributed by atoms with Crippen LogP contribution in [-0.2, 0) is 17.8 Å². The molecule has 8 heteroatoms. The topological polar surface area (TPSA) is 78.7 Å². The number of fused-ring (bicyclic) bond motifs is 1. The van der Waals surface area contributed by atoms with Crippen LogP contribution in [0.25, 0.3) is 0 Å². The molecule has 1 saturated heterocycles. The van der Waals surface area contributed by atoms with Gasteiger partial charge < -0.3 is 19.5 Å². The first-order chi connectivity index (χ1) is 15.2. The van der Waals surface area contributed by atoms with Crippen LogP contribution in [0.3, 0.4) is 0 Å². The number of carbonyl (C=O) groups is 2. The maximum atomic E-state index is 12.8. The third-order valence-corrected chi connectivity index (χ3v) is 6.98. The van der Waals surface area contributed by atoms with Crippen molar-refractivity contribution in [1.82, 2.24) is 9.88 Å². The summed E-state index contributed by atoms with van der Waals surface area (Å²) < 4.78 is 5.21. The molecule has 0 aliphatic carbocycles. The average Bonchev–Trinajstić information content (AvgIpc) is 3.51. The first-order valence-electron chi connectivity index (χ1n) is 10.6. The number of furan rings is 1. The SMILES string of the molecule is O=C(Nc1ccc(N2CCc3sccc3C2)nc1)[C@H]1CCCN(C(=O)c2ccco2)C1. The van der Waals surface area contributed by atoms with E-state index in [4.69, 9.17) is 4.42 Å². The van der Waals surface area contributed by atoms with Crippen LogP contribution in [0.4, 0.5) is 11.5 Å². The van der Waals surface area contributed by atoms with Gasteiger partial charge in [0.25, 0.3) is 5.91 Å². The average molecular weight is 437 g/mol. The Kier molecular flexibility index (Phi) is 5.46. The second-order valence-electron chi connectivity index (χ2n) is 8.00. The maximum Gasteiger partial charge on any atom is 0.289 e. The van der Waals surface area contributed by atoms with Crippen molar-refractivity contribution in [1.29, 1.82) is 0 Å². The second-order valence-corrected chi connectivity index (χ2v) is 9.00. The number of hydrogen-bond donors (Lipinski definition) is 1. The normalized spacial score (nSPS) is 18.5. The molecule has 0 spiro atoms. The van der Waals surface area contributed by atoms with E-state index in [9.17, 15) is 9.59 Å². The minimum absolute atomic E-state index is 0.0765. The molecule has 5 heterocycles. The van der Waals surface area contributed by atoms with Crippen LogP contribution in [0.1, 0.15) is 33.8 Å². The summed E-state index contributed by atoms with van der Waals surface area (Å²) in [6.07, 6.45) is 5.80. The fourth-order valence-corrected chi connectivity index (χ4v) is 5.16. The maximum absolute atomic E-state index is 12.8. The lowest BCUT2D eigenvalue weighted by atomic mass is 9.97. The fraction of sp³-hybridized carbons (Fsp3) is 0.348. The van der Waals surface area contributed by atoms with E-state index in [0.717, 1.165) is 38.2 Å². The van der Waals surface area contributed by atoms with Crippen molar-refractivity contribution in [3.8, 4) is 0 Å². The zero-order valence-corrected chi connectivity index (χ0v) is 17.9. The highest BCUT2D eigenvalue weighted by molar-refractivity contribution is 7.10. The van der Waals surface area contributed by atoms with Crippen molar-refractivity contribution >= 4 is 34.7 Å². The number of aromatic nitrogens is 1. The van der Waals surface area contributed by atoms with Gasteiger partial charge in [0.15, 0.2) is 5.76 Å². The Morgan fingerprint density at radius 2 is 2.13 bits per heavy atom. The van der Waals surface area contributed by atoms with E-state index in [0.29, 0.717) is 24.5 Å². The first-order valence-corrected chi connectivity index (χ1v) is 11.5. The molecule has 0 bridgehead atoms. The van der Waals surface area contributed by atoms with E-state index in [-0.39, 0.29) is 17.7 Å². The molecular weight excluding hydrogens is 412 g/mol. The third kappa shape index (κ3) is 4.20. The molecule has 0 unspecified atom stereocenters. The molecule has 2 aliphatic heterocycles. The first kappa shape index (κ1) is 19.8. The predicted molar refractivity (Wildman–Crippen MR) is 119 cm³/mol. The minimum Gasteiger partial charge on any atom is -0.459 e. The monoisotopic (exact) mass is 436 g/mol. The van der Waals surface area contributed by atoms with Crippen molar-refractivity contribution in [3.63, 3.8) is 0 Å². The molecule has 2 amide bonds. The Balaban J connectivity index is 1.19. The molecule has 3 aromatic heterocycles. The molecule has 3 aromatic rings. The third-order valence-electron chi connectivity index (χ3n) is 5.96.